The van der Waals surface area contributed by atoms with Crippen molar-refractivity contribution in [1.82, 2.24) is 4.98 Å². The number of hydrogen-bond donors (Lipinski definition) is 2. The van der Waals surface area contributed by atoms with Gasteiger partial charge in [-0.15, -0.1) is 0 Å². The van der Waals surface area contributed by atoms with Crippen LogP contribution in [-0.4, -0.2) is 11.0 Å². The zero-order valence-corrected chi connectivity index (χ0v) is 10.0. The van der Waals surface area contributed by atoms with Crippen LogP contribution in [0.1, 0.15) is 32.8 Å². The predicted molar refractivity (Wildman–Crippen MR) is 65.9 cm³/mol. The molecule has 1 atom stereocenters. The Balaban J connectivity index is 2.75. The summed E-state index contributed by atoms with van der Waals surface area (Å²) in [6.45, 7) is 8.55. The highest BCUT2D eigenvalue weighted by atomic mass is 15.0. The van der Waals surface area contributed by atoms with Gasteiger partial charge in [-0.05, 0) is 24.8 Å². The van der Waals surface area contributed by atoms with E-state index in [0.29, 0.717) is 12.0 Å². The van der Waals surface area contributed by atoms with E-state index in [9.17, 15) is 0 Å². The second-order valence-electron chi connectivity index (χ2n) is 4.33. The Morgan fingerprint density at radius 1 is 1.47 bits per heavy atom. The van der Waals surface area contributed by atoms with Gasteiger partial charge in [0.15, 0.2) is 0 Å². The quantitative estimate of drug-likeness (QED) is 0.798. The summed E-state index contributed by atoms with van der Waals surface area (Å²) < 4.78 is 0. The molecule has 0 spiro atoms. The SMILES string of the molecule is CCC(Nc1cc(N)c(C)cn1)C(C)C. The highest BCUT2D eigenvalue weighted by Crippen LogP contribution is 2.17. The number of nitrogens with zero attached hydrogens (tertiary/aromatic N) is 1. The third-order valence-electron chi connectivity index (χ3n) is 2.72. The molecule has 1 aromatic heterocycles. The molecule has 0 saturated carbocycles. The number of anilines is 2. The van der Waals surface area contributed by atoms with Crippen molar-refractivity contribution >= 4 is 11.5 Å². The molecule has 0 bridgehead atoms. The number of nitrogens with two attached hydrogens (primary N) is 1. The van der Waals surface area contributed by atoms with Gasteiger partial charge in [-0.25, -0.2) is 4.98 Å². The molecule has 0 fully saturated rings. The molecule has 1 unspecified atom stereocenters. The highest BCUT2D eigenvalue weighted by molar-refractivity contribution is 5.53. The summed E-state index contributed by atoms with van der Waals surface area (Å²) in [6.07, 6.45) is 2.90. The molecule has 1 rings (SSSR count). The van der Waals surface area contributed by atoms with Crippen LogP contribution in [0.2, 0.25) is 0 Å². The minimum absolute atomic E-state index is 0.458. The molecule has 0 aliphatic carbocycles. The van der Waals surface area contributed by atoms with E-state index in [-0.39, 0.29) is 0 Å². The maximum atomic E-state index is 5.83. The van der Waals surface area contributed by atoms with Gasteiger partial charge in [0.05, 0.1) is 0 Å². The number of rotatable bonds is 4. The van der Waals surface area contributed by atoms with Crippen molar-refractivity contribution < 1.29 is 0 Å². The summed E-state index contributed by atoms with van der Waals surface area (Å²) in [4.78, 5) is 4.32. The van der Waals surface area contributed by atoms with Gasteiger partial charge >= 0.3 is 0 Å². The Morgan fingerprint density at radius 3 is 2.60 bits per heavy atom. The van der Waals surface area contributed by atoms with Gasteiger partial charge in [-0.3, -0.25) is 0 Å². The molecule has 1 aromatic rings. The van der Waals surface area contributed by atoms with Crippen molar-refractivity contribution in [3.8, 4) is 0 Å². The van der Waals surface area contributed by atoms with Gasteiger partial charge in [0.1, 0.15) is 5.82 Å². The smallest absolute Gasteiger partial charge is 0.128 e. The van der Waals surface area contributed by atoms with Crippen LogP contribution in [0.15, 0.2) is 12.3 Å². The largest absolute Gasteiger partial charge is 0.398 e. The summed E-state index contributed by atoms with van der Waals surface area (Å²) in [6, 6.07) is 2.36. The van der Waals surface area contributed by atoms with Crippen molar-refractivity contribution in [3.05, 3.63) is 17.8 Å². The fraction of sp³-hybridized carbons (Fsp3) is 0.583. The van der Waals surface area contributed by atoms with Crippen molar-refractivity contribution in [1.29, 1.82) is 0 Å². The van der Waals surface area contributed by atoms with Crippen molar-refractivity contribution in [3.63, 3.8) is 0 Å². The number of aromatic nitrogens is 1. The van der Waals surface area contributed by atoms with E-state index in [2.05, 4.69) is 31.1 Å². The Bertz CT molecular complexity index is 321. The van der Waals surface area contributed by atoms with E-state index in [1.54, 1.807) is 0 Å². The van der Waals surface area contributed by atoms with Crippen LogP contribution in [0.25, 0.3) is 0 Å². The van der Waals surface area contributed by atoms with Gasteiger partial charge in [0.2, 0.25) is 0 Å². The summed E-state index contributed by atoms with van der Waals surface area (Å²) in [7, 11) is 0. The molecule has 1 heterocycles. The first-order valence-electron chi connectivity index (χ1n) is 5.53. The van der Waals surface area contributed by atoms with Gasteiger partial charge in [0, 0.05) is 24.0 Å². The number of nitrogen functional groups attached to an aromatic ring is 1. The van der Waals surface area contributed by atoms with Gasteiger partial charge < -0.3 is 11.1 Å². The Morgan fingerprint density at radius 2 is 2.13 bits per heavy atom. The van der Waals surface area contributed by atoms with Crippen LogP contribution in [0.5, 0.6) is 0 Å². The van der Waals surface area contributed by atoms with E-state index in [1.165, 1.54) is 0 Å². The maximum absolute atomic E-state index is 5.83. The molecule has 84 valence electrons. The molecule has 15 heavy (non-hydrogen) atoms. The molecule has 3 N–H and O–H groups in total. The van der Waals surface area contributed by atoms with E-state index in [4.69, 9.17) is 5.73 Å². The Labute approximate surface area is 92.1 Å². The van der Waals surface area contributed by atoms with Crippen LogP contribution in [0, 0.1) is 12.8 Å². The molecule has 0 saturated heterocycles. The monoisotopic (exact) mass is 207 g/mol. The van der Waals surface area contributed by atoms with Gasteiger partial charge in [0.25, 0.3) is 0 Å². The summed E-state index contributed by atoms with van der Waals surface area (Å²) in [5, 5.41) is 3.41. The average molecular weight is 207 g/mol. The van der Waals surface area contributed by atoms with Crippen molar-refractivity contribution in [2.45, 2.75) is 40.2 Å². The molecule has 3 nitrogen and oxygen atoms in total. The molecular weight excluding hydrogens is 186 g/mol. The second-order valence-corrected chi connectivity index (χ2v) is 4.33. The molecule has 0 aliphatic heterocycles. The van der Waals surface area contributed by atoms with Gasteiger partial charge in [-0.1, -0.05) is 20.8 Å². The van der Waals surface area contributed by atoms with E-state index >= 15 is 0 Å². The highest BCUT2D eigenvalue weighted by Gasteiger charge is 2.11. The fourth-order valence-corrected chi connectivity index (χ4v) is 1.55. The normalized spacial score (nSPS) is 12.9. The average Bonchev–Trinajstić information content (AvgIpc) is 2.19. The third-order valence-corrected chi connectivity index (χ3v) is 2.72. The number of pyridine rings is 1. The molecule has 3 heteroatoms. The second kappa shape index (κ2) is 5.01. The lowest BCUT2D eigenvalue weighted by Crippen LogP contribution is -2.25. The van der Waals surface area contributed by atoms with Crippen molar-refractivity contribution in [2.24, 2.45) is 5.92 Å². The Hall–Kier alpha value is -1.25. The molecule has 0 aromatic carbocycles. The predicted octanol–water partition coefficient (Wildman–Crippen LogP) is 2.82. The summed E-state index contributed by atoms with van der Waals surface area (Å²) in [5.41, 5.74) is 7.66. The van der Waals surface area contributed by atoms with Crippen molar-refractivity contribution in [2.75, 3.05) is 11.1 Å². The topological polar surface area (TPSA) is 50.9 Å². The standard InChI is InChI=1S/C12H21N3/c1-5-11(8(2)3)15-12-6-10(13)9(4)7-14-12/h6-8,11H,5H2,1-4H3,(H3,13,14,15). The maximum Gasteiger partial charge on any atom is 0.128 e. The molecule has 0 radical (unpaired) electrons. The fourth-order valence-electron chi connectivity index (χ4n) is 1.55. The lowest BCUT2D eigenvalue weighted by atomic mass is 10.0. The minimum Gasteiger partial charge on any atom is -0.398 e. The van der Waals surface area contributed by atoms with Crippen LogP contribution >= 0.6 is 0 Å². The number of aryl methyl sites for hydroxylation is 1. The first kappa shape index (κ1) is 11.8. The van der Waals surface area contributed by atoms with E-state index in [0.717, 1.165) is 23.5 Å². The van der Waals surface area contributed by atoms with Crippen LogP contribution in [-0.2, 0) is 0 Å². The van der Waals surface area contributed by atoms with E-state index < -0.39 is 0 Å². The van der Waals surface area contributed by atoms with Crippen LogP contribution in [0.3, 0.4) is 0 Å². The lowest BCUT2D eigenvalue weighted by molar-refractivity contribution is 0.510. The zero-order chi connectivity index (χ0) is 11.4. The third kappa shape index (κ3) is 3.11. The summed E-state index contributed by atoms with van der Waals surface area (Å²) >= 11 is 0. The molecular formula is C12H21N3. The van der Waals surface area contributed by atoms with Gasteiger partial charge in [-0.2, -0.15) is 0 Å². The summed E-state index contributed by atoms with van der Waals surface area (Å²) in [5.74, 6) is 1.47. The first-order valence-corrected chi connectivity index (χ1v) is 5.53. The lowest BCUT2D eigenvalue weighted by Gasteiger charge is -2.21. The first-order chi connectivity index (χ1) is 7.04. The minimum atomic E-state index is 0.458. The number of nitrogens with one attached hydrogen (secondary N) is 1. The van der Waals surface area contributed by atoms with Crippen LogP contribution < -0.4 is 11.1 Å². The van der Waals surface area contributed by atoms with E-state index in [1.807, 2.05) is 19.2 Å². The molecule has 0 amide bonds. The Kier molecular flexibility index (Phi) is 3.95. The number of hydrogen-bond acceptors (Lipinski definition) is 3. The van der Waals surface area contributed by atoms with Crippen LogP contribution in [0.4, 0.5) is 11.5 Å². The molecule has 0 aliphatic rings. The zero-order valence-electron chi connectivity index (χ0n) is 10.0.